The van der Waals surface area contributed by atoms with Crippen molar-refractivity contribution in [3.05, 3.63) is 39.9 Å². The van der Waals surface area contributed by atoms with Gasteiger partial charge in [0.1, 0.15) is 6.54 Å². The number of carbonyl (C=O) groups is 2. The van der Waals surface area contributed by atoms with Crippen LogP contribution in [0.1, 0.15) is 32.6 Å². The van der Waals surface area contributed by atoms with Crippen molar-refractivity contribution < 1.29 is 9.59 Å². The molecule has 138 valence electrons. The van der Waals surface area contributed by atoms with Crippen LogP contribution in [0.25, 0.3) is 10.9 Å². The summed E-state index contributed by atoms with van der Waals surface area (Å²) < 4.78 is 1.16. The second-order valence-electron chi connectivity index (χ2n) is 6.73. The van der Waals surface area contributed by atoms with Gasteiger partial charge in [-0.05, 0) is 37.0 Å². The summed E-state index contributed by atoms with van der Waals surface area (Å²) in [5.41, 5.74) is 0.119. The number of hydrogen-bond donors (Lipinski definition) is 2. The largest absolute Gasteiger partial charge is 0.335 e. The molecule has 0 bridgehead atoms. The van der Waals surface area contributed by atoms with Crippen molar-refractivity contribution in [3.63, 3.8) is 0 Å². The zero-order chi connectivity index (χ0) is 18.7. The Morgan fingerprint density at radius 2 is 2.08 bits per heavy atom. The van der Waals surface area contributed by atoms with Crippen LogP contribution in [0.5, 0.6) is 0 Å². The highest BCUT2D eigenvalue weighted by Crippen LogP contribution is 2.23. The molecule has 0 radical (unpaired) electrons. The summed E-state index contributed by atoms with van der Waals surface area (Å²) in [6.45, 7) is 1.80. The highest BCUT2D eigenvalue weighted by molar-refractivity contribution is 6.31. The molecule has 3 amide bonds. The van der Waals surface area contributed by atoms with E-state index in [0.29, 0.717) is 21.8 Å². The van der Waals surface area contributed by atoms with Gasteiger partial charge in [0.05, 0.1) is 17.2 Å². The molecular weight excluding hydrogens is 356 g/mol. The summed E-state index contributed by atoms with van der Waals surface area (Å²) in [7, 11) is 0. The maximum absolute atomic E-state index is 12.4. The monoisotopic (exact) mass is 376 g/mol. The molecule has 1 saturated carbocycles. The van der Waals surface area contributed by atoms with Gasteiger partial charge < -0.3 is 5.32 Å². The summed E-state index contributed by atoms with van der Waals surface area (Å²) in [5, 5.41) is 5.87. The van der Waals surface area contributed by atoms with Crippen LogP contribution in [-0.4, -0.2) is 27.5 Å². The number of nitrogens with zero attached hydrogens (tertiary/aromatic N) is 2. The van der Waals surface area contributed by atoms with Crippen molar-refractivity contribution in [1.29, 1.82) is 0 Å². The third kappa shape index (κ3) is 4.22. The van der Waals surface area contributed by atoms with Crippen molar-refractivity contribution in [3.8, 4) is 0 Å². The van der Waals surface area contributed by atoms with Gasteiger partial charge in [-0.15, -0.1) is 0 Å². The van der Waals surface area contributed by atoms with Crippen molar-refractivity contribution in [2.75, 3.05) is 0 Å². The van der Waals surface area contributed by atoms with E-state index in [1.165, 1.54) is 18.8 Å². The molecule has 26 heavy (non-hydrogen) atoms. The van der Waals surface area contributed by atoms with Crippen LogP contribution in [0.4, 0.5) is 4.79 Å². The Balaban J connectivity index is 1.64. The summed E-state index contributed by atoms with van der Waals surface area (Å²) in [6, 6.07) is 4.34. The summed E-state index contributed by atoms with van der Waals surface area (Å²) in [5.74, 6) is -0.183. The van der Waals surface area contributed by atoms with E-state index >= 15 is 0 Å². The van der Waals surface area contributed by atoms with Gasteiger partial charge in [-0.1, -0.05) is 31.4 Å². The highest BCUT2D eigenvalue weighted by atomic mass is 35.5. The molecule has 0 spiro atoms. The van der Waals surface area contributed by atoms with Crippen molar-refractivity contribution in [2.45, 2.75) is 45.2 Å². The third-order valence-electron chi connectivity index (χ3n) is 4.78. The number of rotatable bonds is 3. The number of imide groups is 1. The smallest absolute Gasteiger partial charge is 0.321 e. The van der Waals surface area contributed by atoms with E-state index in [-0.39, 0.29) is 18.1 Å². The van der Waals surface area contributed by atoms with E-state index in [4.69, 9.17) is 11.6 Å². The maximum atomic E-state index is 12.4. The van der Waals surface area contributed by atoms with Gasteiger partial charge in [-0.3, -0.25) is 19.5 Å². The van der Waals surface area contributed by atoms with Crippen LogP contribution >= 0.6 is 11.6 Å². The van der Waals surface area contributed by atoms with Crippen LogP contribution in [-0.2, 0) is 11.3 Å². The summed E-state index contributed by atoms with van der Waals surface area (Å²) >= 11 is 5.91. The number of nitrogens with one attached hydrogen (secondary N) is 2. The molecule has 0 unspecified atom stereocenters. The molecule has 1 aliphatic rings. The second kappa shape index (κ2) is 7.86. The van der Waals surface area contributed by atoms with Crippen LogP contribution in [0.15, 0.2) is 29.3 Å². The topological polar surface area (TPSA) is 93.1 Å². The molecule has 1 aliphatic carbocycles. The van der Waals surface area contributed by atoms with E-state index in [1.54, 1.807) is 12.1 Å². The molecule has 2 N–H and O–H groups in total. The minimum atomic E-state index is -0.573. The molecular formula is C18H21ClN4O3. The highest BCUT2D eigenvalue weighted by Gasteiger charge is 2.23. The Kier molecular flexibility index (Phi) is 5.56. The Morgan fingerprint density at radius 3 is 2.85 bits per heavy atom. The number of fused-ring (bicyclic) bond motifs is 1. The number of benzene rings is 1. The first kappa shape index (κ1) is 18.4. The molecule has 7 nitrogen and oxygen atoms in total. The fourth-order valence-corrected chi connectivity index (χ4v) is 3.47. The molecule has 2 aromatic rings. The van der Waals surface area contributed by atoms with E-state index < -0.39 is 11.9 Å². The van der Waals surface area contributed by atoms with Gasteiger partial charge in [-0.25, -0.2) is 9.78 Å². The van der Waals surface area contributed by atoms with Crippen molar-refractivity contribution in [2.24, 2.45) is 5.92 Å². The normalized spacial score (nSPS) is 19.9. The number of hydrogen-bond acceptors (Lipinski definition) is 4. The predicted octanol–water partition coefficient (Wildman–Crippen LogP) is 2.45. The van der Waals surface area contributed by atoms with E-state index in [9.17, 15) is 14.4 Å². The quantitative estimate of drug-likeness (QED) is 0.860. The first-order chi connectivity index (χ1) is 12.4. The third-order valence-corrected chi connectivity index (χ3v) is 5.02. The SMILES string of the molecule is C[C@@H]1CCCC[C@H]1NC(=O)NC(=O)Cn1cnc2ccc(Cl)cc2c1=O. The molecule has 8 heteroatoms. The predicted molar refractivity (Wildman–Crippen MR) is 99.1 cm³/mol. The molecule has 1 heterocycles. The molecule has 1 fully saturated rings. The molecule has 1 aromatic heterocycles. The van der Waals surface area contributed by atoms with Crippen LogP contribution in [0.2, 0.25) is 5.02 Å². The molecule has 0 saturated heterocycles. The van der Waals surface area contributed by atoms with Gasteiger partial charge in [0.15, 0.2) is 0 Å². The minimum absolute atomic E-state index is 0.0729. The number of halogens is 1. The standard InChI is InChI=1S/C18H21ClN4O3/c1-11-4-2-3-5-14(11)21-18(26)22-16(24)9-23-10-20-15-7-6-12(19)8-13(15)17(23)25/h6-8,10-11,14H,2-5,9H2,1H3,(H2,21,22,24,26)/t11-,14-/m1/s1. The van der Waals surface area contributed by atoms with Crippen molar-refractivity contribution >= 4 is 34.4 Å². The Hall–Kier alpha value is -2.41. The molecule has 2 atom stereocenters. The lowest BCUT2D eigenvalue weighted by molar-refractivity contribution is -0.120. The van der Waals surface area contributed by atoms with Gasteiger partial charge >= 0.3 is 6.03 Å². The van der Waals surface area contributed by atoms with Gasteiger partial charge in [0.25, 0.3) is 5.56 Å². The Bertz CT molecular complexity index is 896. The van der Waals surface area contributed by atoms with E-state index in [0.717, 1.165) is 23.8 Å². The Labute approximate surface area is 155 Å². The number of aromatic nitrogens is 2. The van der Waals surface area contributed by atoms with Crippen LogP contribution < -0.4 is 16.2 Å². The first-order valence-electron chi connectivity index (χ1n) is 8.69. The minimum Gasteiger partial charge on any atom is -0.335 e. The average molecular weight is 377 g/mol. The summed E-state index contributed by atoms with van der Waals surface area (Å²) in [4.78, 5) is 40.7. The lowest BCUT2D eigenvalue weighted by Crippen LogP contribution is -2.48. The molecule has 3 rings (SSSR count). The van der Waals surface area contributed by atoms with Crippen LogP contribution in [0.3, 0.4) is 0 Å². The van der Waals surface area contributed by atoms with Gasteiger partial charge in [0, 0.05) is 11.1 Å². The maximum Gasteiger partial charge on any atom is 0.321 e. The van der Waals surface area contributed by atoms with Gasteiger partial charge in [-0.2, -0.15) is 0 Å². The average Bonchev–Trinajstić information content (AvgIpc) is 2.60. The second-order valence-corrected chi connectivity index (χ2v) is 7.17. The number of carbonyl (C=O) groups excluding carboxylic acids is 2. The zero-order valence-corrected chi connectivity index (χ0v) is 15.3. The fourth-order valence-electron chi connectivity index (χ4n) is 3.30. The lowest BCUT2D eigenvalue weighted by Gasteiger charge is -2.29. The van der Waals surface area contributed by atoms with E-state index in [2.05, 4.69) is 22.5 Å². The number of amides is 3. The van der Waals surface area contributed by atoms with Crippen LogP contribution in [0, 0.1) is 5.92 Å². The Morgan fingerprint density at radius 1 is 1.31 bits per heavy atom. The molecule has 0 aliphatic heterocycles. The zero-order valence-electron chi connectivity index (χ0n) is 14.5. The van der Waals surface area contributed by atoms with Crippen molar-refractivity contribution in [1.82, 2.24) is 20.2 Å². The van der Waals surface area contributed by atoms with Gasteiger partial charge in [0.2, 0.25) is 5.91 Å². The van der Waals surface area contributed by atoms with E-state index in [1.807, 2.05) is 0 Å². The fraction of sp³-hybridized carbons (Fsp3) is 0.444. The first-order valence-corrected chi connectivity index (χ1v) is 9.07. The number of urea groups is 1. The molecule has 1 aromatic carbocycles. The summed E-state index contributed by atoms with van der Waals surface area (Å²) in [6.07, 6.45) is 5.52. The lowest BCUT2D eigenvalue weighted by atomic mass is 9.86.